The minimum absolute atomic E-state index is 0.0287. The lowest BCUT2D eigenvalue weighted by Gasteiger charge is -2.17. The molecule has 1 aliphatic heterocycles. The van der Waals surface area contributed by atoms with Crippen molar-refractivity contribution in [2.24, 2.45) is 0 Å². The van der Waals surface area contributed by atoms with Crippen molar-refractivity contribution in [3.05, 3.63) is 108 Å². The van der Waals surface area contributed by atoms with Crippen molar-refractivity contribution in [3.63, 3.8) is 0 Å². The summed E-state index contributed by atoms with van der Waals surface area (Å²) < 4.78 is 0. The van der Waals surface area contributed by atoms with E-state index in [0.717, 1.165) is 40.2 Å². The number of anilines is 2. The minimum atomic E-state index is -0.155. The van der Waals surface area contributed by atoms with Crippen LogP contribution in [0.25, 0.3) is 11.1 Å². The van der Waals surface area contributed by atoms with Gasteiger partial charge in [-0.15, -0.1) is 11.8 Å². The quantitative estimate of drug-likeness (QED) is 0.285. The third kappa shape index (κ3) is 5.75. The second-order valence-corrected chi connectivity index (χ2v) is 11.0. The molecule has 0 radical (unpaired) electrons. The first-order chi connectivity index (χ1) is 18.0. The maximum Gasteiger partial charge on any atom is 0.256 e. The van der Waals surface area contributed by atoms with Crippen molar-refractivity contribution >= 4 is 35.0 Å². The highest BCUT2D eigenvalue weighted by molar-refractivity contribution is 7.99. The highest BCUT2D eigenvalue weighted by atomic mass is 32.2. The predicted molar refractivity (Wildman–Crippen MR) is 151 cm³/mol. The maximum absolute atomic E-state index is 13.3. The Hall–Kier alpha value is -3.90. The lowest BCUT2D eigenvalue weighted by Crippen LogP contribution is -2.30. The number of carbonyl (C=O) groups is 2. The third-order valence-corrected chi connectivity index (χ3v) is 7.32. The molecule has 1 aromatic heterocycles. The average molecular weight is 508 g/mol. The van der Waals surface area contributed by atoms with E-state index in [2.05, 4.69) is 48.4 Å². The second-order valence-electron chi connectivity index (χ2n) is 9.33. The van der Waals surface area contributed by atoms with Gasteiger partial charge in [0.15, 0.2) is 0 Å². The summed E-state index contributed by atoms with van der Waals surface area (Å²) in [5.41, 5.74) is 5.97. The lowest BCUT2D eigenvalue weighted by molar-refractivity contribution is -0.117. The molecule has 0 unspecified atom stereocenters. The molecular weight excluding hydrogens is 478 g/mol. The fourth-order valence-corrected chi connectivity index (χ4v) is 5.45. The van der Waals surface area contributed by atoms with E-state index < -0.39 is 0 Å². The number of amides is 2. The summed E-state index contributed by atoms with van der Waals surface area (Å²) in [6.45, 7) is 4.98. The monoisotopic (exact) mass is 507 g/mol. The molecule has 4 aromatic rings. The lowest BCUT2D eigenvalue weighted by atomic mass is 9.99. The SMILES string of the molecule is CC(C)Sc1ccc(-c2ccccc2C(=O)Nc2ccc3c(c2)CCN3C(=O)Cc2ccccn2)cc1. The average Bonchev–Trinajstić information content (AvgIpc) is 3.33. The van der Waals surface area contributed by atoms with Crippen molar-refractivity contribution in [1.82, 2.24) is 4.98 Å². The molecule has 5 rings (SSSR count). The van der Waals surface area contributed by atoms with Gasteiger partial charge in [0.2, 0.25) is 5.91 Å². The number of nitrogens with zero attached hydrogens (tertiary/aromatic N) is 2. The zero-order valence-corrected chi connectivity index (χ0v) is 21.8. The molecule has 5 nitrogen and oxygen atoms in total. The minimum Gasteiger partial charge on any atom is -0.322 e. The molecule has 2 heterocycles. The van der Waals surface area contributed by atoms with Gasteiger partial charge in [0, 0.05) is 45.5 Å². The summed E-state index contributed by atoms with van der Waals surface area (Å²) in [6.07, 6.45) is 2.73. The van der Waals surface area contributed by atoms with Gasteiger partial charge in [-0.3, -0.25) is 14.6 Å². The molecule has 2 amide bonds. The molecule has 1 aliphatic rings. The van der Waals surface area contributed by atoms with E-state index in [1.807, 2.05) is 77.3 Å². The fraction of sp³-hybridized carbons (Fsp3) is 0.194. The maximum atomic E-state index is 13.3. The summed E-state index contributed by atoms with van der Waals surface area (Å²) in [7, 11) is 0. The van der Waals surface area contributed by atoms with Gasteiger partial charge in [-0.05, 0) is 71.6 Å². The molecule has 0 bridgehead atoms. The Kier molecular flexibility index (Phi) is 7.37. The number of pyridine rings is 1. The predicted octanol–water partition coefficient (Wildman–Crippen LogP) is 6.63. The first-order valence-corrected chi connectivity index (χ1v) is 13.4. The van der Waals surface area contributed by atoms with E-state index >= 15 is 0 Å². The molecule has 37 heavy (non-hydrogen) atoms. The summed E-state index contributed by atoms with van der Waals surface area (Å²) >= 11 is 1.82. The molecule has 0 atom stereocenters. The van der Waals surface area contributed by atoms with Gasteiger partial charge < -0.3 is 10.2 Å². The first kappa shape index (κ1) is 24.8. The van der Waals surface area contributed by atoms with E-state index in [1.165, 1.54) is 4.90 Å². The number of fused-ring (bicyclic) bond motifs is 1. The molecule has 0 spiro atoms. The smallest absolute Gasteiger partial charge is 0.256 e. The number of nitrogens with one attached hydrogen (secondary N) is 1. The number of thioether (sulfide) groups is 1. The van der Waals surface area contributed by atoms with E-state index in [9.17, 15) is 9.59 Å². The largest absolute Gasteiger partial charge is 0.322 e. The van der Waals surface area contributed by atoms with Crippen LogP contribution in [0.15, 0.2) is 96.0 Å². The van der Waals surface area contributed by atoms with E-state index in [-0.39, 0.29) is 18.2 Å². The normalized spacial score (nSPS) is 12.5. The van der Waals surface area contributed by atoms with Crippen LogP contribution < -0.4 is 10.2 Å². The molecule has 6 heteroatoms. The topological polar surface area (TPSA) is 62.3 Å². The zero-order valence-electron chi connectivity index (χ0n) is 21.0. The van der Waals surface area contributed by atoms with Crippen molar-refractivity contribution in [3.8, 4) is 11.1 Å². The van der Waals surface area contributed by atoms with Crippen molar-refractivity contribution < 1.29 is 9.59 Å². The summed E-state index contributed by atoms with van der Waals surface area (Å²) in [5.74, 6) is -0.127. The van der Waals surface area contributed by atoms with Crippen molar-refractivity contribution in [1.29, 1.82) is 0 Å². The van der Waals surface area contributed by atoms with Crippen LogP contribution in [-0.4, -0.2) is 28.6 Å². The van der Waals surface area contributed by atoms with Gasteiger partial charge in [-0.25, -0.2) is 0 Å². The molecule has 186 valence electrons. The Labute approximate surface area is 221 Å². The van der Waals surface area contributed by atoms with E-state index in [4.69, 9.17) is 0 Å². The molecule has 1 N–H and O–H groups in total. The van der Waals surface area contributed by atoms with Crippen LogP contribution in [0.4, 0.5) is 11.4 Å². The van der Waals surface area contributed by atoms with E-state index in [1.54, 1.807) is 6.20 Å². The number of benzene rings is 3. The summed E-state index contributed by atoms with van der Waals surface area (Å²) in [4.78, 5) is 33.5. The third-order valence-electron chi connectivity index (χ3n) is 6.30. The van der Waals surface area contributed by atoms with Gasteiger partial charge in [0.25, 0.3) is 5.91 Å². The van der Waals surface area contributed by atoms with Gasteiger partial charge >= 0.3 is 0 Å². The van der Waals surface area contributed by atoms with Crippen LogP contribution in [-0.2, 0) is 17.6 Å². The molecule has 0 aliphatic carbocycles. The Morgan fingerprint density at radius 1 is 0.973 bits per heavy atom. The number of aromatic nitrogens is 1. The molecular formula is C31H29N3O2S. The van der Waals surface area contributed by atoms with Crippen LogP contribution >= 0.6 is 11.8 Å². The second kappa shape index (κ2) is 11.0. The van der Waals surface area contributed by atoms with Crippen LogP contribution in [0.3, 0.4) is 0 Å². The Balaban J connectivity index is 1.31. The molecule has 0 saturated heterocycles. The van der Waals surface area contributed by atoms with E-state index in [0.29, 0.717) is 17.4 Å². The number of carbonyl (C=O) groups excluding carboxylic acids is 2. The number of hydrogen-bond donors (Lipinski definition) is 1. The van der Waals surface area contributed by atoms with Crippen LogP contribution in [0.5, 0.6) is 0 Å². The first-order valence-electron chi connectivity index (χ1n) is 12.5. The van der Waals surface area contributed by atoms with Crippen molar-refractivity contribution in [2.45, 2.75) is 36.8 Å². The molecule has 0 saturated carbocycles. The standard InChI is InChI=1S/C31H29N3O2S/c1-21(2)37-26-13-10-22(11-14-26)27-8-3-4-9-28(27)31(36)33-25-12-15-29-23(19-25)16-18-34(29)30(35)20-24-7-5-6-17-32-24/h3-15,17,19,21H,16,18,20H2,1-2H3,(H,33,36). The van der Waals surface area contributed by atoms with Gasteiger partial charge in [-0.2, -0.15) is 0 Å². The van der Waals surface area contributed by atoms with Crippen LogP contribution in [0.2, 0.25) is 0 Å². The number of rotatable bonds is 7. The van der Waals surface area contributed by atoms with Gasteiger partial charge in [0.1, 0.15) is 0 Å². The summed E-state index contributed by atoms with van der Waals surface area (Å²) in [5, 5.41) is 3.58. The molecule has 0 fully saturated rings. The van der Waals surface area contributed by atoms with Crippen LogP contribution in [0.1, 0.15) is 35.5 Å². The van der Waals surface area contributed by atoms with Crippen molar-refractivity contribution in [2.75, 3.05) is 16.8 Å². The highest BCUT2D eigenvalue weighted by Crippen LogP contribution is 2.32. The Morgan fingerprint density at radius 2 is 1.76 bits per heavy atom. The highest BCUT2D eigenvalue weighted by Gasteiger charge is 2.25. The molecule has 3 aromatic carbocycles. The van der Waals surface area contributed by atoms with Gasteiger partial charge in [-0.1, -0.05) is 50.2 Å². The van der Waals surface area contributed by atoms with Crippen LogP contribution in [0, 0.1) is 0 Å². The Bertz CT molecular complexity index is 1420. The van der Waals surface area contributed by atoms with Gasteiger partial charge in [0.05, 0.1) is 6.42 Å². The fourth-order valence-electron chi connectivity index (χ4n) is 4.61. The summed E-state index contributed by atoms with van der Waals surface area (Å²) in [6, 6.07) is 27.4. The number of hydrogen-bond acceptors (Lipinski definition) is 4. The Morgan fingerprint density at radius 3 is 2.51 bits per heavy atom. The zero-order chi connectivity index (χ0) is 25.8.